The summed E-state index contributed by atoms with van der Waals surface area (Å²) >= 11 is 5.81. The average Bonchev–Trinajstić information content (AvgIpc) is 3.45. The number of hydrogen-bond donors (Lipinski definition) is 2. The van der Waals surface area contributed by atoms with Crippen LogP contribution in [0.15, 0.2) is 48.5 Å². The van der Waals surface area contributed by atoms with Gasteiger partial charge < -0.3 is 10.6 Å². The minimum Gasteiger partial charge on any atom is -0.347 e. The van der Waals surface area contributed by atoms with E-state index in [4.69, 9.17) is 11.6 Å². The van der Waals surface area contributed by atoms with Crippen molar-refractivity contribution >= 4 is 23.4 Å². The summed E-state index contributed by atoms with van der Waals surface area (Å²) in [6, 6.07) is 11.8. The normalized spacial score (nSPS) is 15.8. The van der Waals surface area contributed by atoms with Gasteiger partial charge in [0.15, 0.2) is 0 Å². The van der Waals surface area contributed by atoms with Crippen molar-refractivity contribution in [3.8, 4) is 0 Å². The van der Waals surface area contributed by atoms with Crippen molar-refractivity contribution < 1.29 is 14.0 Å². The number of carbonyl (C=O) groups excluding carboxylic acids is 2. The van der Waals surface area contributed by atoms with E-state index in [9.17, 15) is 14.0 Å². The van der Waals surface area contributed by atoms with E-state index in [2.05, 4.69) is 10.6 Å². The Labute approximate surface area is 156 Å². The summed E-state index contributed by atoms with van der Waals surface area (Å²) < 4.78 is 13.1. The number of benzene rings is 2. The minimum absolute atomic E-state index is 0.169. The molecule has 2 aromatic carbocycles. The van der Waals surface area contributed by atoms with Crippen LogP contribution in [0.25, 0.3) is 0 Å². The van der Waals surface area contributed by atoms with Gasteiger partial charge in [-0.3, -0.25) is 9.59 Å². The van der Waals surface area contributed by atoms with Crippen LogP contribution >= 0.6 is 11.6 Å². The van der Waals surface area contributed by atoms with Crippen molar-refractivity contribution in [2.75, 3.05) is 0 Å². The van der Waals surface area contributed by atoms with Crippen molar-refractivity contribution in [3.63, 3.8) is 0 Å². The highest BCUT2D eigenvalue weighted by atomic mass is 35.5. The second kappa shape index (κ2) is 7.87. The summed E-state index contributed by atoms with van der Waals surface area (Å²) in [5.41, 5.74) is 1.31. The van der Waals surface area contributed by atoms with Crippen LogP contribution in [0.5, 0.6) is 0 Å². The first kappa shape index (κ1) is 18.4. The molecule has 0 saturated heterocycles. The van der Waals surface area contributed by atoms with Gasteiger partial charge in [0.05, 0.1) is 6.04 Å². The highest BCUT2D eigenvalue weighted by Gasteiger charge is 2.34. The monoisotopic (exact) mass is 374 g/mol. The van der Waals surface area contributed by atoms with E-state index in [-0.39, 0.29) is 23.7 Å². The lowest BCUT2D eigenvalue weighted by molar-refractivity contribution is -0.123. The highest BCUT2D eigenvalue weighted by molar-refractivity contribution is 6.30. The Morgan fingerprint density at radius 1 is 1.04 bits per heavy atom. The first-order valence-corrected chi connectivity index (χ1v) is 8.94. The van der Waals surface area contributed by atoms with Crippen LogP contribution in [-0.2, 0) is 4.79 Å². The number of nitrogens with one attached hydrogen (secondary N) is 2. The number of hydrogen-bond acceptors (Lipinski definition) is 2. The van der Waals surface area contributed by atoms with Gasteiger partial charge in [0, 0.05) is 10.6 Å². The lowest BCUT2D eigenvalue weighted by atomic mass is 10.0. The molecule has 1 saturated carbocycles. The van der Waals surface area contributed by atoms with E-state index < -0.39 is 6.04 Å². The van der Waals surface area contributed by atoms with Gasteiger partial charge in [0.2, 0.25) is 5.91 Å². The Morgan fingerprint density at radius 3 is 2.23 bits per heavy atom. The number of rotatable bonds is 6. The zero-order valence-electron chi connectivity index (χ0n) is 14.3. The van der Waals surface area contributed by atoms with Gasteiger partial charge in [-0.1, -0.05) is 23.7 Å². The van der Waals surface area contributed by atoms with E-state index in [0.29, 0.717) is 16.5 Å². The molecule has 0 radical (unpaired) electrons. The van der Waals surface area contributed by atoms with Crippen LogP contribution in [0.4, 0.5) is 4.39 Å². The molecule has 0 aromatic heterocycles. The molecule has 0 bridgehead atoms. The van der Waals surface area contributed by atoms with Crippen LogP contribution in [0.1, 0.15) is 41.7 Å². The summed E-state index contributed by atoms with van der Waals surface area (Å²) in [5.74, 6) is -0.565. The summed E-state index contributed by atoms with van der Waals surface area (Å²) in [6.45, 7) is 1.64. The van der Waals surface area contributed by atoms with Gasteiger partial charge >= 0.3 is 0 Å². The molecule has 0 heterocycles. The Balaban J connectivity index is 1.62. The molecule has 1 fully saturated rings. The van der Waals surface area contributed by atoms with Gasteiger partial charge in [-0.25, -0.2) is 4.39 Å². The molecule has 0 spiro atoms. The lowest BCUT2D eigenvalue weighted by Gasteiger charge is -2.22. The number of amides is 2. The molecule has 136 valence electrons. The molecular formula is C20H20ClFN2O2. The maximum absolute atomic E-state index is 13.1. The maximum Gasteiger partial charge on any atom is 0.251 e. The van der Waals surface area contributed by atoms with Gasteiger partial charge in [0.1, 0.15) is 11.9 Å². The van der Waals surface area contributed by atoms with Crippen molar-refractivity contribution in [2.24, 2.45) is 5.92 Å². The maximum atomic E-state index is 13.1. The molecule has 0 aliphatic heterocycles. The average molecular weight is 375 g/mol. The molecular weight excluding hydrogens is 355 g/mol. The first-order valence-electron chi connectivity index (χ1n) is 8.56. The fourth-order valence-electron chi connectivity index (χ4n) is 2.80. The molecule has 2 unspecified atom stereocenters. The van der Waals surface area contributed by atoms with Gasteiger partial charge in [-0.15, -0.1) is 0 Å². The van der Waals surface area contributed by atoms with Crippen molar-refractivity contribution in [1.82, 2.24) is 10.6 Å². The Morgan fingerprint density at radius 2 is 1.65 bits per heavy atom. The first-order chi connectivity index (χ1) is 12.4. The van der Waals surface area contributed by atoms with E-state index >= 15 is 0 Å². The molecule has 2 amide bonds. The minimum atomic E-state index is -0.695. The Hall–Kier alpha value is -2.40. The summed E-state index contributed by atoms with van der Waals surface area (Å²) in [7, 11) is 0. The molecule has 26 heavy (non-hydrogen) atoms. The van der Waals surface area contributed by atoms with E-state index in [0.717, 1.165) is 18.4 Å². The van der Waals surface area contributed by atoms with E-state index in [1.54, 1.807) is 43.3 Å². The van der Waals surface area contributed by atoms with Crippen molar-refractivity contribution in [3.05, 3.63) is 70.5 Å². The van der Waals surface area contributed by atoms with E-state index in [1.165, 1.54) is 12.1 Å². The summed E-state index contributed by atoms with van der Waals surface area (Å²) in [4.78, 5) is 24.8. The second-order valence-electron chi connectivity index (χ2n) is 6.58. The predicted molar refractivity (Wildman–Crippen MR) is 98.4 cm³/mol. The Bertz CT molecular complexity index is 788. The molecule has 6 heteroatoms. The summed E-state index contributed by atoms with van der Waals surface area (Å²) in [6.07, 6.45) is 2.04. The summed E-state index contributed by atoms with van der Waals surface area (Å²) in [5, 5.41) is 6.21. The smallest absolute Gasteiger partial charge is 0.251 e. The molecule has 2 aromatic rings. The van der Waals surface area contributed by atoms with Crippen LogP contribution in [0, 0.1) is 11.7 Å². The van der Waals surface area contributed by atoms with Gasteiger partial charge in [0.25, 0.3) is 5.91 Å². The van der Waals surface area contributed by atoms with Crippen molar-refractivity contribution in [2.45, 2.75) is 31.8 Å². The van der Waals surface area contributed by atoms with Crippen LogP contribution in [-0.4, -0.2) is 17.9 Å². The molecule has 2 N–H and O–H groups in total. The van der Waals surface area contributed by atoms with Crippen LogP contribution in [0.2, 0.25) is 5.02 Å². The third kappa shape index (κ3) is 4.61. The van der Waals surface area contributed by atoms with Gasteiger partial charge in [-0.05, 0) is 67.6 Å². The predicted octanol–water partition coefficient (Wildman–Crippen LogP) is 3.86. The largest absolute Gasteiger partial charge is 0.347 e. The topological polar surface area (TPSA) is 58.2 Å². The zero-order valence-corrected chi connectivity index (χ0v) is 15.1. The number of carbonyl (C=O) groups is 2. The third-order valence-corrected chi connectivity index (χ3v) is 4.72. The van der Waals surface area contributed by atoms with Crippen molar-refractivity contribution in [1.29, 1.82) is 0 Å². The van der Waals surface area contributed by atoms with Gasteiger partial charge in [-0.2, -0.15) is 0 Å². The fraction of sp³-hybridized carbons (Fsp3) is 0.300. The molecule has 1 aliphatic carbocycles. The quantitative estimate of drug-likeness (QED) is 0.806. The Kier molecular flexibility index (Phi) is 5.57. The third-order valence-electron chi connectivity index (χ3n) is 4.47. The SMILES string of the molecule is CC(NC(=O)c1ccc(Cl)cc1)C(=O)NC(c1ccc(F)cc1)C1CC1. The fourth-order valence-corrected chi connectivity index (χ4v) is 2.92. The standard InChI is InChI=1S/C20H20ClFN2O2/c1-12(23-20(26)15-4-8-16(21)9-5-15)19(25)24-18(13-2-3-13)14-6-10-17(22)11-7-14/h4-13,18H,2-3H2,1H3,(H,23,26)(H,24,25). The molecule has 3 rings (SSSR count). The number of halogens is 2. The van der Waals surface area contributed by atoms with Crippen LogP contribution < -0.4 is 10.6 Å². The molecule has 4 nitrogen and oxygen atoms in total. The zero-order chi connectivity index (χ0) is 18.7. The van der Waals surface area contributed by atoms with E-state index in [1.807, 2.05) is 0 Å². The highest BCUT2D eigenvalue weighted by Crippen LogP contribution is 2.41. The lowest BCUT2D eigenvalue weighted by Crippen LogP contribution is -2.46. The van der Waals surface area contributed by atoms with Crippen LogP contribution in [0.3, 0.4) is 0 Å². The second-order valence-corrected chi connectivity index (χ2v) is 7.01. The molecule has 2 atom stereocenters. The molecule has 1 aliphatic rings.